The molecule has 2 aromatic heterocycles. The number of thiazole rings is 1. The highest BCUT2D eigenvalue weighted by atomic mass is 32.1. The summed E-state index contributed by atoms with van der Waals surface area (Å²) >= 11 is 1.28. The number of hydrazone groups is 1. The Morgan fingerprint density at radius 3 is 1.95 bits per heavy atom. The molecular formula is C48H48N4O11S. The zero-order valence-corrected chi connectivity index (χ0v) is 36.1. The number of hydrogen-bond acceptors (Lipinski definition) is 16. The van der Waals surface area contributed by atoms with Crippen molar-refractivity contribution in [2.45, 2.75) is 51.4 Å². The van der Waals surface area contributed by atoms with E-state index in [9.17, 15) is 19.2 Å². The molecule has 0 aliphatic heterocycles. The molecule has 0 saturated carbocycles. The first-order valence-corrected chi connectivity index (χ1v) is 21.6. The number of pyridine rings is 1. The molecule has 6 aromatic rings. The first kappa shape index (κ1) is 46.2. The van der Waals surface area contributed by atoms with Crippen molar-refractivity contribution in [2.24, 2.45) is 5.10 Å². The number of hydrogen-bond donors (Lipinski definition) is 1. The number of fused-ring (bicyclic) bond motifs is 2. The van der Waals surface area contributed by atoms with E-state index in [2.05, 4.69) is 27.1 Å². The summed E-state index contributed by atoms with van der Waals surface area (Å²) < 4.78 is 38.8. The smallest absolute Gasteiger partial charge is 0.343 e. The lowest BCUT2D eigenvalue weighted by atomic mass is 10.0. The molecule has 0 aliphatic carbocycles. The lowest BCUT2D eigenvalue weighted by molar-refractivity contribution is -0.137. The van der Waals surface area contributed by atoms with Crippen LogP contribution in [0.1, 0.15) is 77.6 Å². The minimum atomic E-state index is -0.623. The summed E-state index contributed by atoms with van der Waals surface area (Å²) in [5, 5.41) is 5.91. The molecule has 0 atom stereocenters. The zero-order chi connectivity index (χ0) is 44.9. The maximum atomic E-state index is 13.7. The molecule has 1 N–H and O–H groups in total. The molecule has 0 bridgehead atoms. The molecule has 0 amide bonds. The number of carbonyl (C=O) groups excluding carboxylic acids is 4. The van der Waals surface area contributed by atoms with Gasteiger partial charge in [-0.05, 0) is 112 Å². The summed E-state index contributed by atoms with van der Waals surface area (Å²) in [6.07, 6.45) is 9.48. The molecule has 332 valence electrons. The van der Waals surface area contributed by atoms with Gasteiger partial charge in [0.05, 0.1) is 50.9 Å². The zero-order valence-electron chi connectivity index (χ0n) is 35.3. The van der Waals surface area contributed by atoms with Crippen LogP contribution in [-0.4, -0.2) is 74.1 Å². The number of anilines is 1. The Balaban J connectivity index is 1.15. The van der Waals surface area contributed by atoms with Gasteiger partial charge in [-0.2, -0.15) is 5.10 Å². The number of unbranched alkanes of at least 4 members (excludes halogenated alkanes) is 6. The number of rotatable bonds is 26. The van der Waals surface area contributed by atoms with Crippen LogP contribution in [0.5, 0.6) is 28.9 Å². The van der Waals surface area contributed by atoms with E-state index in [1.54, 1.807) is 91.0 Å². The molecule has 0 radical (unpaired) electrons. The highest BCUT2D eigenvalue weighted by Crippen LogP contribution is 2.37. The molecule has 6 rings (SSSR count). The average molecular weight is 889 g/mol. The Kier molecular flexibility index (Phi) is 17.6. The third kappa shape index (κ3) is 13.6. The fraction of sp³-hybridized carbons (Fsp3) is 0.271. The fourth-order valence-electron chi connectivity index (χ4n) is 6.29. The lowest BCUT2D eigenvalue weighted by Crippen LogP contribution is -2.12. The molecule has 4 aromatic carbocycles. The quantitative estimate of drug-likeness (QED) is 0.0103. The highest BCUT2D eigenvalue weighted by Gasteiger charge is 2.20. The monoisotopic (exact) mass is 888 g/mol. The Labute approximate surface area is 374 Å². The van der Waals surface area contributed by atoms with Crippen LogP contribution in [0.25, 0.3) is 21.1 Å². The molecule has 0 fully saturated rings. The predicted octanol–water partition coefficient (Wildman–Crippen LogP) is 9.52. The minimum Gasteiger partial charge on any atom is -0.494 e. The van der Waals surface area contributed by atoms with Crippen molar-refractivity contribution in [2.75, 3.05) is 39.0 Å². The van der Waals surface area contributed by atoms with Crippen molar-refractivity contribution in [3.8, 4) is 28.9 Å². The second-order valence-electron chi connectivity index (χ2n) is 14.1. The van der Waals surface area contributed by atoms with E-state index in [-0.39, 0.29) is 17.1 Å². The van der Waals surface area contributed by atoms with Crippen molar-refractivity contribution < 1.29 is 52.3 Å². The van der Waals surface area contributed by atoms with Crippen LogP contribution >= 0.6 is 11.3 Å². The number of nitrogens with zero attached hydrogens (tertiary/aromatic N) is 3. The number of esters is 3. The van der Waals surface area contributed by atoms with E-state index >= 15 is 0 Å². The van der Waals surface area contributed by atoms with E-state index in [1.165, 1.54) is 24.7 Å². The van der Waals surface area contributed by atoms with Crippen molar-refractivity contribution in [3.63, 3.8) is 0 Å². The number of methoxy groups -OCH3 is 1. The second kappa shape index (κ2) is 24.3. The first-order valence-electron chi connectivity index (χ1n) is 20.8. The highest BCUT2D eigenvalue weighted by molar-refractivity contribution is 7.21. The predicted molar refractivity (Wildman–Crippen MR) is 243 cm³/mol. The number of ether oxygens (including phenoxy) is 7. The fourth-order valence-corrected chi connectivity index (χ4v) is 7.07. The molecule has 64 heavy (non-hydrogen) atoms. The molecule has 0 saturated heterocycles. The summed E-state index contributed by atoms with van der Waals surface area (Å²) in [7, 11) is 1.54. The van der Waals surface area contributed by atoms with Crippen molar-refractivity contribution >= 4 is 68.2 Å². The summed E-state index contributed by atoms with van der Waals surface area (Å²) in [6.45, 7) is 5.61. The Hall–Kier alpha value is -7.33. The molecular weight excluding hydrogens is 841 g/mol. The second-order valence-corrected chi connectivity index (χ2v) is 15.1. The van der Waals surface area contributed by atoms with E-state index < -0.39 is 17.9 Å². The molecule has 15 nitrogen and oxygen atoms in total. The summed E-state index contributed by atoms with van der Waals surface area (Å²) in [5.41, 5.74) is 4.51. The summed E-state index contributed by atoms with van der Waals surface area (Å²) in [5.74, 6) is 0.428. The normalized spacial score (nSPS) is 11.0. The Morgan fingerprint density at radius 1 is 0.719 bits per heavy atom. The van der Waals surface area contributed by atoms with Crippen LogP contribution < -0.4 is 29.1 Å². The van der Waals surface area contributed by atoms with Gasteiger partial charge in [0, 0.05) is 28.5 Å². The van der Waals surface area contributed by atoms with Gasteiger partial charge in [-0.3, -0.25) is 10.2 Å². The van der Waals surface area contributed by atoms with Gasteiger partial charge in [0.1, 0.15) is 33.3 Å². The van der Waals surface area contributed by atoms with E-state index in [0.29, 0.717) is 87.7 Å². The molecule has 0 aliphatic rings. The number of nitrogens with one attached hydrogen (secondary N) is 1. The molecule has 2 heterocycles. The van der Waals surface area contributed by atoms with E-state index in [4.69, 9.17) is 33.2 Å². The number of aromatic nitrogens is 2. The first-order chi connectivity index (χ1) is 31.3. The van der Waals surface area contributed by atoms with Gasteiger partial charge >= 0.3 is 17.9 Å². The number of benzene rings is 4. The van der Waals surface area contributed by atoms with Gasteiger partial charge in [-0.25, -0.2) is 24.4 Å². The summed E-state index contributed by atoms with van der Waals surface area (Å²) in [6, 6.07) is 25.6. The van der Waals surface area contributed by atoms with Crippen LogP contribution in [0.3, 0.4) is 0 Å². The maximum absolute atomic E-state index is 13.7. The Bertz CT molecular complexity index is 2540. The number of carbonyl (C=O) groups is 4. The van der Waals surface area contributed by atoms with Crippen LogP contribution in [0.4, 0.5) is 5.13 Å². The van der Waals surface area contributed by atoms with Gasteiger partial charge in [-0.1, -0.05) is 42.2 Å². The van der Waals surface area contributed by atoms with Gasteiger partial charge in [0.2, 0.25) is 11.0 Å². The standard InChI is InChI=1S/C48H48N4O11S/c1-3-43(54)61-29-13-7-6-12-28-60-36-20-16-33(17-21-36)46(55)62-41-30-35(31-49-52-48-50-40-24-25-42(57-2)51-45(40)64-48)44(39-15-9-8-14-38(39)41)63-47(56)34-18-22-37(23-19-34)59-27-11-5-4-10-26-58-32-53/h3,8-9,14-25,30-32H,1,4-7,10-13,26-29H2,2H3,(H,50,52)/b49-31+. The maximum Gasteiger partial charge on any atom is 0.343 e. The molecule has 0 spiro atoms. The largest absolute Gasteiger partial charge is 0.494 e. The van der Waals surface area contributed by atoms with Gasteiger partial charge in [0.15, 0.2) is 0 Å². The van der Waals surface area contributed by atoms with Gasteiger partial charge in [0.25, 0.3) is 6.47 Å². The SMILES string of the molecule is C=CC(=O)OCCCCCCOc1ccc(C(=O)Oc2cc(/C=N/Nc3nc4ccc(OC)nc4s3)c(OC(=O)c3ccc(OCCCCCCOC=O)cc3)c3ccccc23)cc1. The molecule has 0 unspecified atom stereocenters. The lowest BCUT2D eigenvalue weighted by Gasteiger charge is -2.15. The van der Waals surface area contributed by atoms with Crippen LogP contribution in [0, 0.1) is 0 Å². The van der Waals surface area contributed by atoms with Gasteiger partial charge in [-0.15, -0.1) is 0 Å². The van der Waals surface area contributed by atoms with E-state index in [0.717, 1.165) is 57.4 Å². The average Bonchev–Trinajstić information content (AvgIpc) is 3.74. The minimum absolute atomic E-state index is 0.193. The molecule has 16 heteroatoms. The van der Waals surface area contributed by atoms with Crippen LogP contribution in [0.2, 0.25) is 0 Å². The third-order valence-corrected chi connectivity index (χ3v) is 10.4. The topological polar surface area (TPSA) is 183 Å². The Morgan fingerprint density at radius 2 is 1.33 bits per heavy atom. The van der Waals surface area contributed by atoms with Crippen molar-refractivity contribution in [1.29, 1.82) is 0 Å². The van der Waals surface area contributed by atoms with Crippen LogP contribution in [0.15, 0.2) is 109 Å². The van der Waals surface area contributed by atoms with Crippen LogP contribution in [-0.2, 0) is 19.1 Å². The van der Waals surface area contributed by atoms with E-state index in [1.807, 2.05) is 0 Å². The third-order valence-electron chi connectivity index (χ3n) is 9.58. The van der Waals surface area contributed by atoms with Crippen molar-refractivity contribution in [3.05, 3.63) is 120 Å². The van der Waals surface area contributed by atoms with Gasteiger partial charge < -0.3 is 33.2 Å². The van der Waals surface area contributed by atoms with Crippen molar-refractivity contribution in [1.82, 2.24) is 9.97 Å². The summed E-state index contributed by atoms with van der Waals surface area (Å²) in [4.78, 5) is 58.4.